The smallest absolute Gasteiger partial charge is 0.132 e. The summed E-state index contributed by atoms with van der Waals surface area (Å²) in [4.78, 5) is 5.12. The van der Waals surface area contributed by atoms with Crippen LogP contribution in [0, 0.1) is 0 Å². The van der Waals surface area contributed by atoms with Crippen LogP contribution in [0.5, 0.6) is 11.5 Å². The molecule has 69 heavy (non-hydrogen) atoms. The normalized spacial score (nSPS) is 15.8. The summed E-state index contributed by atoms with van der Waals surface area (Å²) in [5.74, 6) is 1.78. The van der Waals surface area contributed by atoms with Gasteiger partial charge in [0.25, 0.3) is 0 Å². The second-order valence-electron chi connectivity index (χ2n) is 18.7. The second kappa shape index (κ2) is 14.6. The molecule has 2 nitrogen and oxygen atoms in total. The van der Waals surface area contributed by atoms with E-state index in [9.17, 15) is 0 Å². The summed E-state index contributed by atoms with van der Waals surface area (Å²) in [6.07, 6.45) is 0. The highest BCUT2D eigenvalue weighted by molar-refractivity contribution is 7.99. The number of ether oxygens (including phenoxy) is 1. The number of hydrogen-bond donors (Lipinski definition) is 0. The van der Waals surface area contributed by atoms with Crippen LogP contribution in [0.2, 0.25) is 0 Å². The SMILES string of the molecule is c1ccc(-c2ccc(N(c3ccc4c(c3)-c3ccccc3C43c4ccccc4Sc4cc5ccccc5cc43)c3cccc4c3-c3ccccc3C43c4ccccc4Oc4ccccc43)cc2)cc1. The van der Waals surface area contributed by atoms with Crippen molar-refractivity contribution in [3.05, 3.63) is 293 Å². The van der Waals surface area contributed by atoms with Crippen molar-refractivity contribution in [3.8, 4) is 44.9 Å². The van der Waals surface area contributed by atoms with Gasteiger partial charge in [-0.25, -0.2) is 0 Å². The minimum Gasteiger partial charge on any atom is -0.457 e. The first kappa shape index (κ1) is 38.7. The Labute approximate surface area is 405 Å². The Kier molecular flexibility index (Phi) is 8.17. The first-order chi connectivity index (χ1) is 34.2. The zero-order chi connectivity index (χ0) is 45.3. The molecule has 2 aliphatic heterocycles. The van der Waals surface area contributed by atoms with Crippen molar-refractivity contribution in [2.75, 3.05) is 4.90 Å². The molecule has 0 radical (unpaired) electrons. The predicted molar refractivity (Wildman–Crippen MR) is 283 cm³/mol. The van der Waals surface area contributed by atoms with Crippen LogP contribution in [-0.2, 0) is 10.8 Å². The Bertz CT molecular complexity index is 3880. The van der Waals surface area contributed by atoms with Gasteiger partial charge in [0.2, 0.25) is 0 Å². The Morgan fingerprint density at radius 3 is 1.61 bits per heavy atom. The minimum atomic E-state index is -0.594. The third kappa shape index (κ3) is 5.23. The van der Waals surface area contributed by atoms with Crippen LogP contribution in [0.15, 0.2) is 259 Å². The Balaban J connectivity index is 1.01. The van der Waals surface area contributed by atoms with E-state index >= 15 is 0 Å². The molecule has 1 unspecified atom stereocenters. The number of anilines is 3. The molecule has 0 N–H and O–H groups in total. The lowest BCUT2D eigenvalue weighted by Gasteiger charge is -2.40. The van der Waals surface area contributed by atoms with Crippen molar-refractivity contribution >= 4 is 39.6 Å². The zero-order valence-corrected chi connectivity index (χ0v) is 38.3. The average Bonchev–Trinajstić information content (AvgIpc) is 3.87. The van der Waals surface area contributed by atoms with Gasteiger partial charge in [-0.3, -0.25) is 0 Å². The highest BCUT2D eigenvalue weighted by atomic mass is 32.2. The molecule has 1 atom stereocenters. The minimum absolute atomic E-state index is 0.503. The number of benzene rings is 11. The number of hydrogen-bond acceptors (Lipinski definition) is 3. The highest BCUT2D eigenvalue weighted by Crippen LogP contribution is 2.66. The molecule has 11 aromatic rings. The van der Waals surface area contributed by atoms with E-state index in [4.69, 9.17) is 4.74 Å². The Hall–Kier alpha value is -8.37. The second-order valence-corrected chi connectivity index (χ2v) is 19.7. The van der Waals surface area contributed by atoms with E-state index in [2.05, 4.69) is 254 Å². The summed E-state index contributed by atoms with van der Waals surface area (Å²) in [6, 6.07) is 92.4. The summed E-state index contributed by atoms with van der Waals surface area (Å²) in [7, 11) is 0. The molecule has 2 spiro atoms. The molecule has 0 bridgehead atoms. The van der Waals surface area contributed by atoms with Crippen LogP contribution in [0.3, 0.4) is 0 Å². The van der Waals surface area contributed by atoms with Crippen LogP contribution < -0.4 is 9.64 Å². The first-order valence-corrected chi connectivity index (χ1v) is 24.6. The molecule has 4 aliphatic rings. The van der Waals surface area contributed by atoms with Gasteiger partial charge in [-0.05, 0) is 133 Å². The van der Waals surface area contributed by atoms with Crippen molar-refractivity contribution in [2.24, 2.45) is 0 Å². The molecule has 3 heteroatoms. The summed E-state index contributed by atoms with van der Waals surface area (Å²) >= 11 is 1.90. The standard InChI is InChI=1S/C66H41NOS/c1-2-17-42(18-3-1)43-33-35-46(36-34-43)67(59-29-16-28-57-64(59)49-22-7-9-24-52(49)66(57)54-25-10-13-30-60(54)68-61-31-14-11-26-55(61)66)47-37-38-53-50(41-47)48-21-6-8-23-51(48)65(53)56-27-12-15-32-62(56)69-63-40-45-20-5-4-19-44(45)39-58(63)65/h1-41H. The fraction of sp³-hybridized carbons (Fsp3) is 0.0303. The average molecular weight is 896 g/mol. The number of rotatable bonds is 4. The maximum absolute atomic E-state index is 6.73. The maximum Gasteiger partial charge on any atom is 0.132 e. The summed E-state index contributed by atoms with van der Waals surface area (Å²) < 4.78 is 6.73. The molecule has 0 saturated heterocycles. The Morgan fingerprint density at radius 1 is 0.319 bits per heavy atom. The lowest BCUT2D eigenvalue weighted by Crippen LogP contribution is -2.32. The van der Waals surface area contributed by atoms with Gasteiger partial charge in [-0.1, -0.05) is 200 Å². The van der Waals surface area contributed by atoms with Gasteiger partial charge in [0, 0.05) is 37.9 Å². The quantitative estimate of drug-likeness (QED) is 0.175. The molecule has 2 aliphatic carbocycles. The Morgan fingerprint density at radius 2 is 0.855 bits per heavy atom. The maximum atomic E-state index is 6.73. The van der Waals surface area contributed by atoms with Gasteiger partial charge < -0.3 is 9.64 Å². The fourth-order valence-corrected chi connectivity index (χ4v) is 13.9. The molecular weight excluding hydrogens is 855 g/mol. The highest BCUT2D eigenvalue weighted by Gasteiger charge is 2.53. The van der Waals surface area contributed by atoms with E-state index in [1.165, 1.54) is 87.3 Å². The van der Waals surface area contributed by atoms with E-state index in [0.717, 1.165) is 39.7 Å². The molecular formula is C66H41NOS. The van der Waals surface area contributed by atoms with Crippen LogP contribution in [0.25, 0.3) is 44.2 Å². The third-order valence-corrected chi connectivity index (χ3v) is 16.5. The topological polar surface area (TPSA) is 12.5 Å². The van der Waals surface area contributed by atoms with Crippen LogP contribution in [0.1, 0.15) is 44.5 Å². The summed E-state index contributed by atoms with van der Waals surface area (Å²) in [6.45, 7) is 0. The van der Waals surface area contributed by atoms with E-state index in [1.807, 2.05) is 11.8 Å². The van der Waals surface area contributed by atoms with Gasteiger partial charge in [-0.2, -0.15) is 0 Å². The molecule has 322 valence electrons. The lowest BCUT2D eigenvalue weighted by atomic mass is 9.66. The molecule has 0 saturated carbocycles. The molecule has 2 heterocycles. The summed E-state index contributed by atoms with van der Waals surface area (Å²) in [5.41, 5.74) is 19.7. The fourth-order valence-electron chi connectivity index (χ4n) is 12.6. The van der Waals surface area contributed by atoms with Crippen molar-refractivity contribution in [3.63, 3.8) is 0 Å². The van der Waals surface area contributed by atoms with E-state index < -0.39 is 10.8 Å². The van der Waals surface area contributed by atoms with Crippen LogP contribution >= 0.6 is 11.8 Å². The van der Waals surface area contributed by atoms with Gasteiger partial charge in [0.1, 0.15) is 11.5 Å². The van der Waals surface area contributed by atoms with E-state index in [0.29, 0.717) is 0 Å². The van der Waals surface area contributed by atoms with Crippen molar-refractivity contribution in [1.82, 2.24) is 0 Å². The van der Waals surface area contributed by atoms with Gasteiger partial charge in [0.15, 0.2) is 0 Å². The lowest BCUT2D eigenvalue weighted by molar-refractivity contribution is 0.436. The molecule has 0 fully saturated rings. The van der Waals surface area contributed by atoms with Gasteiger partial charge in [0.05, 0.1) is 16.5 Å². The number of nitrogens with zero attached hydrogens (tertiary/aromatic N) is 1. The van der Waals surface area contributed by atoms with Gasteiger partial charge >= 0.3 is 0 Å². The summed E-state index contributed by atoms with van der Waals surface area (Å²) in [5, 5.41) is 2.52. The number of para-hydroxylation sites is 2. The number of fused-ring (bicyclic) bond motifs is 19. The largest absolute Gasteiger partial charge is 0.457 e. The van der Waals surface area contributed by atoms with Gasteiger partial charge in [-0.15, -0.1) is 0 Å². The van der Waals surface area contributed by atoms with Crippen molar-refractivity contribution < 1.29 is 4.74 Å². The molecule has 15 rings (SSSR count). The monoisotopic (exact) mass is 895 g/mol. The molecule has 11 aromatic carbocycles. The molecule has 0 aromatic heterocycles. The van der Waals surface area contributed by atoms with E-state index in [1.54, 1.807) is 0 Å². The van der Waals surface area contributed by atoms with Crippen molar-refractivity contribution in [2.45, 2.75) is 20.6 Å². The third-order valence-electron chi connectivity index (χ3n) is 15.4. The van der Waals surface area contributed by atoms with Crippen LogP contribution in [-0.4, -0.2) is 0 Å². The van der Waals surface area contributed by atoms with E-state index in [-0.39, 0.29) is 0 Å². The zero-order valence-electron chi connectivity index (χ0n) is 37.4. The van der Waals surface area contributed by atoms with Crippen molar-refractivity contribution in [1.29, 1.82) is 0 Å². The van der Waals surface area contributed by atoms with Crippen LogP contribution in [0.4, 0.5) is 17.1 Å². The first-order valence-electron chi connectivity index (χ1n) is 23.8. The predicted octanol–water partition coefficient (Wildman–Crippen LogP) is 17.3. The molecule has 0 amide bonds.